The number of rotatable bonds is 8. The van der Waals surface area contributed by atoms with E-state index in [1.54, 1.807) is 0 Å². The summed E-state index contributed by atoms with van der Waals surface area (Å²) in [5, 5.41) is 39.8. The molecule has 18 nitrogen and oxygen atoms in total. The van der Waals surface area contributed by atoms with Crippen molar-refractivity contribution in [3.05, 3.63) is 33.1 Å². The molecule has 0 bridgehead atoms. The zero-order valence-electron chi connectivity index (χ0n) is 17.8. The molecule has 0 saturated carbocycles. The van der Waals surface area contributed by atoms with Crippen molar-refractivity contribution in [3.8, 4) is 0 Å². The molecule has 3 unspecified atom stereocenters. The fraction of sp³-hybridized carbons (Fsp3) is 0.733. The van der Waals surface area contributed by atoms with Crippen LogP contribution in [-0.4, -0.2) is 95.3 Å². The highest BCUT2D eigenvalue weighted by molar-refractivity contribution is 7.61. The van der Waals surface area contributed by atoms with Gasteiger partial charge < -0.3 is 45.4 Å². The van der Waals surface area contributed by atoms with E-state index in [9.17, 15) is 48.9 Å². The Labute approximate surface area is 195 Å². The summed E-state index contributed by atoms with van der Waals surface area (Å²) < 4.78 is 48.7. The Morgan fingerprint density at radius 2 is 1.71 bits per heavy atom. The van der Waals surface area contributed by atoms with E-state index in [1.807, 2.05) is 4.98 Å². The molecule has 0 amide bonds. The third-order valence-electron chi connectivity index (χ3n) is 5.20. The molecule has 0 aromatic carbocycles. The highest BCUT2D eigenvalue weighted by atomic mass is 31.3. The molecule has 0 radical (unpaired) electrons. The summed E-state index contributed by atoms with van der Waals surface area (Å²) in [7, 11) is -10.8. The molecular formula is C15H25N3O15P2. The standard InChI is InChI=1S/C15H25N3O15P2/c1-5-9(20)11(22)8(16)14(30-5)32-35(27,28)33-34(25,26)29-4-6-10(21)12(23)13(31-6)18-3-2-7(19)17-15(18)24/h2-3,5-6,8-14,20-23H,4,16H2,1H3,(H,25,26)(H,27,28)(H,17,19,24)/t5-,6-,8-,9-,10-,11-,12-,13-,14?/m1/s1. The third kappa shape index (κ3) is 6.51. The first kappa shape index (κ1) is 28.2. The normalized spacial score (nSPS) is 39.1. The lowest BCUT2D eigenvalue weighted by Crippen LogP contribution is -2.60. The zero-order valence-corrected chi connectivity index (χ0v) is 19.6. The molecule has 1 aromatic heterocycles. The zero-order chi connectivity index (χ0) is 26.3. The lowest BCUT2D eigenvalue weighted by atomic mass is 9.99. The molecule has 3 rings (SSSR count). The van der Waals surface area contributed by atoms with Crippen LogP contribution in [0.15, 0.2) is 21.9 Å². The van der Waals surface area contributed by atoms with Crippen LogP contribution in [0.4, 0.5) is 0 Å². The quantitative estimate of drug-likeness (QED) is 0.144. The maximum Gasteiger partial charge on any atom is 0.483 e. The molecule has 0 aliphatic carbocycles. The predicted octanol–water partition coefficient (Wildman–Crippen LogP) is -3.80. The molecule has 1 aromatic rings. The van der Waals surface area contributed by atoms with Crippen molar-refractivity contribution in [1.29, 1.82) is 0 Å². The second-order valence-corrected chi connectivity index (χ2v) is 10.7. The molecule has 35 heavy (non-hydrogen) atoms. The molecule has 200 valence electrons. The Balaban J connectivity index is 1.61. The van der Waals surface area contributed by atoms with Crippen molar-refractivity contribution in [2.24, 2.45) is 5.73 Å². The molecule has 2 aliphatic heterocycles. The molecular weight excluding hydrogens is 524 g/mol. The fourth-order valence-electron chi connectivity index (χ4n) is 3.34. The Hall–Kier alpha value is -1.34. The number of aromatic nitrogens is 2. The predicted molar refractivity (Wildman–Crippen MR) is 109 cm³/mol. The van der Waals surface area contributed by atoms with E-state index < -0.39 is 88.7 Å². The van der Waals surface area contributed by atoms with E-state index in [4.69, 9.17) is 15.2 Å². The molecule has 9 N–H and O–H groups in total. The molecule has 2 saturated heterocycles. The first-order chi connectivity index (χ1) is 16.1. The number of aromatic amines is 1. The molecule has 11 atom stereocenters. The number of H-pyrrole nitrogens is 1. The van der Waals surface area contributed by atoms with Gasteiger partial charge in [0.25, 0.3) is 5.56 Å². The van der Waals surface area contributed by atoms with Crippen molar-refractivity contribution < 1.29 is 62.2 Å². The van der Waals surface area contributed by atoms with Crippen LogP contribution in [0.25, 0.3) is 0 Å². The number of phosphoric acid groups is 2. The summed E-state index contributed by atoms with van der Waals surface area (Å²) in [5.41, 5.74) is 3.87. The summed E-state index contributed by atoms with van der Waals surface area (Å²) in [5.74, 6) is 0. The second kappa shape index (κ2) is 10.6. The van der Waals surface area contributed by atoms with Crippen LogP contribution < -0.4 is 17.0 Å². The van der Waals surface area contributed by atoms with Crippen LogP contribution in [-0.2, 0) is 32.0 Å². The second-order valence-electron chi connectivity index (χ2n) is 7.75. The van der Waals surface area contributed by atoms with E-state index >= 15 is 0 Å². The topological polar surface area (TPSA) is 283 Å². The lowest BCUT2D eigenvalue weighted by Gasteiger charge is -2.39. The van der Waals surface area contributed by atoms with Crippen LogP contribution in [0.2, 0.25) is 0 Å². The monoisotopic (exact) mass is 549 g/mol. The van der Waals surface area contributed by atoms with Gasteiger partial charge in [-0.3, -0.25) is 23.4 Å². The van der Waals surface area contributed by atoms with Gasteiger partial charge in [-0.15, -0.1) is 0 Å². The molecule has 2 fully saturated rings. The number of hydrogen-bond acceptors (Lipinski definition) is 14. The van der Waals surface area contributed by atoms with Gasteiger partial charge in [-0.2, -0.15) is 4.31 Å². The van der Waals surface area contributed by atoms with Gasteiger partial charge in [-0.25, -0.2) is 13.9 Å². The van der Waals surface area contributed by atoms with Crippen molar-refractivity contribution in [1.82, 2.24) is 9.55 Å². The highest BCUT2D eigenvalue weighted by Crippen LogP contribution is 2.61. The largest absolute Gasteiger partial charge is 0.483 e. The number of hydrogen-bond donors (Lipinski definition) is 8. The minimum atomic E-state index is -5.42. The number of nitrogens with zero attached hydrogens (tertiary/aromatic N) is 1. The SMILES string of the molecule is C[C@H]1OC(OP(=O)(O)OP(=O)(O)OC[C@H]2O[C@@H](n3ccc(=O)[nH]c3=O)[C@H](O)[C@@H]2O)[C@H](N)[C@@H](O)[C@@H]1O. The number of nitrogens with one attached hydrogen (secondary N) is 1. The van der Waals surface area contributed by atoms with Crippen LogP contribution in [0.5, 0.6) is 0 Å². The van der Waals surface area contributed by atoms with Gasteiger partial charge in [0.1, 0.15) is 30.5 Å². The summed E-state index contributed by atoms with van der Waals surface area (Å²) in [4.78, 5) is 44.6. The van der Waals surface area contributed by atoms with Gasteiger partial charge in [0.2, 0.25) is 0 Å². The van der Waals surface area contributed by atoms with Gasteiger partial charge in [0.05, 0.1) is 18.8 Å². The number of nitrogens with two attached hydrogens (primary N) is 1. The summed E-state index contributed by atoms with van der Waals surface area (Å²) in [6.45, 7) is 0.330. The molecule has 20 heteroatoms. The van der Waals surface area contributed by atoms with Crippen molar-refractivity contribution in [2.45, 2.75) is 62.1 Å². The number of ether oxygens (including phenoxy) is 2. The number of aliphatic hydroxyl groups is 4. The Kier molecular flexibility index (Phi) is 8.52. The number of phosphoric ester groups is 2. The smallest absolute Gasteiger partial charge is 0.388 e. The van der Waals surface area contributed by atoms with E-state index in [-0.39, 0.29) is 0 Å². The highest BCUT2D eigenvalue weighted by Gasteiger charge is 2.48. The molecule has 2 aliphatic rings. The van der Waals surface area contributed by atoms with Crippen molar-refractivity contribution >= 4 is 15.6 Å². The average molecular weight is 549 g/mol. The summed E-state index contributed by atoms with van der Waals surface area (Å²) >= 11 is 0. The van der Waals surface area contributed by atoms with Crippen LogP contribution in [0, 0.1) is 0 Å². The maximum atomic E-state index is 12.2. The molecule has 0 spiro atoms. The van der Waals surface area contributed by atoms with Gasteiger partial charge in [-0.1, -0.05) is 0 Å². The van der Waals surface area contributed by atoms with Crippen molar-refractivity contribution in [3.63, 3.8) is 0 Å². The lowest BCUT2D eigenvalue weighted by molar-refractivity contribution is -0.230. The Morgan fingerprint density at radius 3 is 2.34 bits per heavy atom. The van der Waals surface area contributed by atoms with E-state index in [1.165, 1.54) is 6.92 Å². The summed E-state index contributed by atoms with van der Waals surface area (Å²) in [6, 6.07) is -0.578. The third-order valence-corrected chi connectivity index (χ3v) is 7.80. The fourth-order valence-corrected chi connectivity index (χ4v) is 5.51. The van der Waals surface area contributed by atoms with Crippen LogP contribution in [0.1, 0.15) is 13.2 Å². The van der Waals surface area contributed by atoms with Gasteiger partial charge in [0.15, 0.2) is 12.5 Å². The number of aliphatic hydroxyl groups excluding tert-OH is 4. The van der Waals surface area contributed by atoms with E-state index in [0.29, 0.717) is 0 Å². The minimum absolute atomic E-state index is 0.729. The molecule has 3 heterocycles. The van der Waals surface area contributed by atoms with Gasteiger partial charge in [0, 0.05) is 12.3 Å². The minimum Gasteiger partial charge on any atom is -0.388 e. The Bertz CT molecular complexity index is 1110. The van der Waals surface area contributed by atoms with Gasteiger partial charge >= 0.3 is 21.3 Å². The average Bonchev–Trinajstić information content (AvgIpc) is 3.02. The summed E-state index contributed by atoms with van der Waals surface area (Å²) in [6.07, 6.45) is -11.5. The van der Waals surface area contributed by atoms with Crippen LogP contribution in [0.3, 0.4) is 0 Å². The van der Waals surface area contributed by atoms with Crippen molar-refractivity contribution in [2.75, 3.05) is 6.61 Å². The first-order valence-electron chi connectivity index (χ1n) is 9.92. The Morgan fingerprint density at radius 1 is 1.06 bits per heavy atom. The van der Waals surface area contributed by atoms with E-state index in [2.05, 4.69) is 13.4 Å². The van der Waals surface area contributed by atoms with Crippen LogP contribution >= 0.6 is 15.6 Å². The first-order valence-corrected chi connectivity index (χ1v) is 12.9. The van der Waals surface area contributed by atoms with Gasteiger partial charge in [-0.05, 0) is 6.92 Å². The van der Waals surface area contributed by atoms with E-state index in [0.717, 1.165) is 16.8 Å². The maximum absolute atomic E-state index is 12.2.